The maximum absolute atomic E-state index is 6.04. The van der Waals surface area contributed by atoms with Gasteiger partial charge in [-0.2, -0.15) is 0 Å². The zero-order valence-corrected chi connectivity index (χ0v) is 11.2. The Bertz CT molecular complexity index is 389. The summed E-state index contributed by atoms with van der Waals surface area (Å²) in [6.45, 7) is 1.77. The summed E-state index contributed by atoms with van der Waals surface area (Å²) in [5.41, 5.74) is 7.82. The van der Waals surface area contributed by atoms with E-state index in [0.29, 0.717) is 6.10 Å². The summed E-state index contributed by atoms with van der Waals surface area (Å²) in [6, 6.07) is 5.79. The number of nitrogens with zero attached hydrogens (tertiary/aromatic N) is 1. The predicted molar refractivity (Wildman–Crippen MR) is 74.3 cm³/mol. The Hall–Kier alpha value is -1.42. The van der Waals surface area contributed by atoms with Crippen molar-refractivity contribution in [3.63, 3.8) is 0 Å². The second-order valence-corrected chi connectivity index (χ2v) is 4.79. The zero-order chi connectivity index (χ0) is 13.0. The molecule has 0 aromatic heterocycles. The van der Waals surface area contributed by atoms with Crippen LogP contribution in [0.25, 0.3) is 0 Å². The molecule has 1 heterocycles. The van der Waals surface area contributed by atoms with E-state index in [4.69, 9.17) is 15.2 Å². The first kappa shape index (κ1) is 13.0. The van der Waals surface area contributed by atoms with Gasteiger partial charge in [0, 0.05) is 26.3 Å². The van der Waals surface area contributed by atoms with Gasteiger partial charge in [-0.15, -0.1) is 0 Å². The number of nitrogen functional groups attached to an aromatic ring is 1. The summed E-state index contributed by atoms with van der Waals surface area (Å²) >= 11 is 0. The molecule has 2 N–H and O–H groups in total. The Morgan fingerprint density at radius 2 is 2.28 bits per heavy atom. The topological polar surface area (TPSA) is 47.7 Å². The van der Waals surface area contributed by atoms with Gasteiger partial charge in [-0.25, -0.2) is 0 Å². The third-order valence-electron chi connectivity index (χ3n) is 3.40. The molecular formula is C14H22N2O2. The number of hydrogen-bond acceptors (Lipinski definition) is 4. The van der Waals surface area contributed by atoms with Gasteiger partial charge in [-0.3, -0.25) is 0 Å². The van der Waals surface area contributed by atoms with Crippen molar-refractivity contribution >= 4 is 11.4 Å². The van der Waals surface area contributed by atoms with E-state index >= 15 is 0 Å². The van der Waals surface area contributed by atoms with Gasteiger partial charge < -0.3 is 20.1 Å². The van der Waals surface area contributed by atoms with Crippen LogP contribution in [0.1, 0.15) is 19.3 Å². The highest BCUT2D eigenvalue weighted by Gasteiger charge is 2.17. The Morgan fingerprint density at radius 1 is 1.44 bits per heavy atom. The van der Waals surface area contributed by atoms with Gasteiger partial charge in [0.2, 0.25) is 0 Å². The molecule has 0 saturated carbocycles. The second kappa shape index (κ2) is 5.96. The Balaban J connectivity index is 2.01. The molecule has 1 unspecified atom stereocenters. The second-order valence-electron chi connectivity index (χ2n) is 4.79. The number of anilines is 2. The Labute approximate surface area is 109 Å². The highest BCUT2D eigenvalue weighted by atomic mass is 16.5. The predicted octanol–water partition coefficient (Wildman–Crippen LogP) is 2.28. The van der Waals surface area contributed by atoms with Crippen LogP contribution in [0.3, 0.4) is 0 Å². The first-order chi connectivity index (χ1) is 8.70. The fraction of sp³-hybridized carbons (Fsp3) is 0.571. The third-order valence-corrected chi connectivity index (χ3v) is 3.40. The van der Waals surface area contributed by atoms with Gasteiger partial charge in [0.25, 0.3) is 0 Å². The number of ether oxygens (including phenoxy) is 2. The van der Waals surface area contributed by atoms with E-state index in [1.54, 1.807) is 7.11 Å². The average Bonchev–Trinajstić information content (AvgIpc) is 2.39. The average molecular weight is 250 g/mol. The SMILES string of the molecule is COc1ccc(N(C)CC2CCCCO2)c(N)c1. The molecular weight excluding hydrogens is 228 g/mol. The van der Waals surface area contributed by atoms with Crippen molar-refractivity contribution in [1.29, 1.82) is 0 Å². The molecule has 0 amide bonds. The number of methoxy groups -OCH3 is 1. The van der Waals surface area contributed by atoms with Crippen molar-refractivity contribution in [2.24, 2.45) is 0 Å². The molecule has 100 valence electrons. The van der Waals surface area contributed by atoms with E-state index < -0.39 is 0 Å². The van der Waals surface area contributed by atoms with E-state index in [9.17, 15) is 0 Å². The lowest BCUT2D eigenvalue weighted by Crippen LogP contribution is -2.33. The van der Waals surface area contributed by atoms with Crippen LogP contribution in [0, 0.1) is 0 Å². The van der Waals surface area contributed by atoms with Crippen LogP contribution in [0.2, 0.25) is 0 Å². The van der Waals surface area contributed by atoms with Crippen LogP contribution >= 0.6 is 0 Å². The van der Waals surface area contributed by atoms with Gasteiger partial charge >= 0.3 is 0 Å². The molecule has 1 aromatic carbocycles. The summed E-state index contributed by atoms with van der Waals surface area (Å²) in [4.78, 5) is 2.16. The molecule has 18 heavy (non-hydrogen) atoms. The van der Waals surface area contributed by atoms with E-state index in [1.165, 1.54) is 12.8 Å². The zero-order valence-electron chi connectivity index (χ0n) is 11.2. The Kier molecular flexibility index (Phi) is 4.31. The van der Waals surface area contributed by atoms with E-state index in [0.717, 1.165) is 36.7 Å². The number of rotatable bonds is 4. The lowest BCUT2D eigenvalue weighted by molar-refractivity contribution is 0.0216. The third kappa shape index (κ3) is 3.07. The smallest absolute Gasteiger partial charge is 0.121 e. The molecule has 4 nitrogen and oxygen atoms in total. The van der Waals surface area contributed by atoms with Crippen molar-refractivity contribution in [2.45, 2.75) is 25.4 Å². The van der Waals surface area contributed by atoms with Crippen LogP contribution in [0.4, 0.5) is 11.4 Å². The summed E-state index contributed by atoms with van der Waals surface area (Å²) < 4.78 is 10.9. The van der Waals surface area contributed by atoms with E-state index in [1.807, 2.05) is 18.2 Å². The molecule has 1 aliphatic rings. The van der Waals surface area contributed by atoms with Crippen LogP contribution in [-0.2, 0) is 4.74 Å². The van der Waals surface area contributed by atoms with E-state index in [-0.39, 0.29) is 0 Å². The van der Waals surface area contributed by atoms with Gasteiger partial charge in [0.1, 0.15) is 5.75 Å². The standard InChI is InChI=1S/C14H22N2O2/c1-16(10-12-5-3-4-8-18-12)14-7-6-11(17-2)9-13(14)15/h6-7,9,12H,3-5,8,10,15H2,1-2H3. The number of likely N-dealkylation sites (N-methyl/N-ethyl adjacent to an activating group) is 1. The fourth-order valence-corrected chi connectivity index (χ4v) is 2.36. The highest BCUT2D eigenvalue weighted by molar-refractivity contribution is 5.69. The lowest BCUT2D eigenvalue weighted by atomic mass is 10.1. The van der Waals surface area contributed by atoms with Crippen molar-refractivity contribution in [3.05, 3.63) is 18.2 Å². The fourth-order valence-electron chi connectivity index (χ4n) is 2.36. The minimum Gasteiger partial charge on any atom is -0.497 e. The van der Waals surface area contributed by atoms with Gasteiger partial charge in [0.15, 0.2) is 0 Å². The number of benzene rings is 1. The molecule has 0 radical (unpaired) electrons. The largest absolute Gasteiger partial charge is 0.497 e. The van der Waals surface area contributed by atoms with Gasteiger partial charge in [-0.1, -0.05) is 0 Å². The first-order valence-electron chi connectivity index (χ1n) is 6.47. The van der Waals surface area contributed by atoms with E-state index in [2.05, 4.69) is 11.9 Å². The molecule has 1 saturated heterocycles. The lowest BCUT2D eigenvalue weighted by Gasteiger charge is -2.29. The summed E-state index contributed by atoms with van der Waals surface area (Å²) in [7, 11) is 3.70. The maximum Gasteiger partial charge on any atom is 0.121 e. The van der Waals surface area contributed by atoms with Crippen LogP contribution in [0.5, 0.6) is 5.75 Å². The molecule has 1 aromatic rings. The van der Waals surface area contributed by atoms with Crippen molar-refractivity contribution in [3.8, 4) is 5.75 Å². The molecule has 0 aliphatic carbocycles. The maximum atomic E-state index is 6.04. The molecule has 0 bridgehead atoms. The van der Waals surface area contributed by atoms with Crippen LogP contribution in [0.15, 0.2) is 18.2 Å². The summed E-state index contributed by atoms with van der Waals surface area (Å²) in [5.74, 6) is 0.790. The monoisotopic (exact) mass is 250 g/mol. The van der Waals surface area contributed by atoms with Gasteiger partial charge in [0.05, 0.1) is 24.6 Å². The highest BCUT2D eigenvalue weighted by Crippen LogP contribution is 2.27. The molecule has 1 fully saturated rings. The minimum atomic E-state index is 0.324. The van der Waals surface area contributed by atoms with Crippen molar-refractivity contribution in [2.75, 3.05) is 37.9 Å². The normalized spacial score (nSPS) is 19.6. The van der Waals surface area contributed by atoms with Crippen LogP contribution in [-0.4, -0.2) is 33.4 Å². The van der Waals surface area contributed by atoms with Crippen molar-refractivity contribution in [1.82, 2.24) is 0 Å². The summed E-state index contributed by atoms with van der Waals surface area (Å²) in [6.07, 6.45) is 3.91. The molecule has 1 aliphatic heterocycles. The molecule has 4 heteroatoms. The number of hydrogen-bond donors (Lipinski definition) is 1. The summed E-state index contributed by atoms with van der Waals surface area (Å²) in [5, 5.41) is 0. The van der Waals surface area contributed by atoms with Crippen LogP contribution < -0.4 is 15.4 Å². The Morgan fingerprint density at radius 3 is 2.89 bits per heavy atom. The minimum absolute atomic E-state index is 0.324. The van der Waals surface area contributed by atoms with Crippen molar-refractivity contribution < 1.29 is 9.47 Å². The molecule has 2 rings (SSSR count). The first-order valence-corrected chi connectivity index (χ1v) is 6.47. The van der Waals surface area contributed by atoms with Gasteiger partial charge in [-0.05, 0) is 31.4 Å². The molecule has 0 spiro atoms. The molecule has 1 atom stereocenters. The number of nitrogens with two attached hydrogens (primary N) is 1. The quantitative estimate of drug-likeness (QED) is 0.833.